The lowest BCUT2D eigenvalue weighted by Crippen LogP contribution is -2.02. The van der Waals surface area contributed by atoms with Gasteiger partial charge in [-0.1, -0.05) is 30.3 Å². The summed E-state index contributed by atoms with van der Waals surface area (Å²) in [5.41, 5.74) is 5.91. The van der Waals surface area contributed by atoms with Crippen LogP contribution in [-0.4, -0.2) is 34.3 Å². The number of imidazole rings is 1. The zero-order chi connectivity index (χ0) is 20.8. The smallest absolute Gasteiger partial charge is 0.215 e. The van der Waals surface area contributed by atoms with E-state index in [2.05, 4.69) is 43.8 Å². The van der Waals surface area contributed by atoms with Crippen molar-refractivity contribution >= 4 is 17.4 Å². The monoisotopic (exact) mass is 410 g/mol. The molecule has 0 atom stereocenters. The molecule has 0 radical (unpaired) electrons. The Kier molecular flexibility index (Phi) is 4.09. The summed E-state index contributed by atoms with van der Waals surface area (Å²) in [5, 5.41) is 15.4. The summed E-state index contributed by atoms with van der Waals surface area (Å²) in [6.07, 6.45) is 8.30. The van der Waals surface area contributed by atoms with E-state index in [1.54, 1.807) is 0 Å². The first-order valence-electron chi connectivity index (χ1n) is 10.5. The number of rotatable bonds is 6. The molecule has 4 aromatic heterocycles. The molecule has 8 heteroatoms. The Morgan fingerprint density at radius 3 is 2.81 bits per heavy atom. The van der Waals surface area contributed by atoms with E-state index < -0.39 is 0 Å². The van der Waals surface area contributed by atoms with Crippen LogP contribution in [0.1, 0.15) is 35.7 Å². The maximum absolute atomic E-state index is 4.87. The average molecular weight is 410 g/mol. The van der Waals surface area contributed by atoms with E-state index in [4.69, 9.17) is 4.98 Å². The van der Waals surface area contributed by atoms with Crippen LogP contribution in [0.15, 0.2) is 61.1 Å². The Morgan fingerprint density at radius 2 is 1.97 bits per heavy atom. The van der Waals surface area contributed by atoms with E-state index in [9.17, 15) is 0 Å². The van der Waals surface area contributed by atoms with E-state index in [0.717, 1.165) is 28.4 Å². The second kappa shape index (κ2) is 7.09. The minimum Gasteiger partial charge on any atom is -0.308 e. The summed E-state index contributed by atoms with van der Waals surface area (Å²) in [5.74, 6) is 2.06. The molecule has 31 heavy (non-hydrogen) atoms. The first-order valence-corrected chi connectivity index (χ1v) is 10.5. The highest BCUT2D eigenvalue weighted by Crippen LogP contribution is 2.39. The number of H-pyrrole nitrogens is 1. The SMILES string of the molecule is Cc1cn2c(Nc3cc(C4CC4)[nH]n3)nc(-c3cnn(Cc4ccccc4)c3)cc2n1. The number of aryl methyl sites for hydroxylation is 1. The van der Waals surface area contributed by atoms with Crippen molar-refractivity contribution in [2.24, 2.45) is 0 Å². The topological polar surface area (TPSA) is 88.7 Å². The number of hydrogen-bond acceptors (Lipinski definition) is 5. The summed E-state index contributed by atoms with van der Waals surface area (Å²) in [6, 6.07) is 14.4. The number of benzene rings is 1. The van der Waals surface area contributed by atoms with Gasteiger partial charge in [0.25, 0.3) is 0 Å². The van der Waals surface area contributed by atoms with Crippen LogP contribution < -0.4 is 5.32 Å². The van der Waals surface area contributed by atoms with E-state index in [0.29, 0.717) is 18.4 Å². The van der Waals surface area contributed by atoms with Gasteiger partial charge in [-0.3, -0.25) is 14.2 Å². The second-order valence-electron chi connectivity index (χ2n) is 8.10. The number of nitrogens with zero attached hydrogens (tertiary/aromatic N) is 6. The van der Waals surface area contributed by atoms with Crippen molar-refractivity contribution in [3.05, 3.63) is 78.0 Å². The Hall–Kier alpha value is -3.94. The minimum absolute atomic E-state index is 0.619. The van der Waals surface area contributed by atoms with E-state index in [1.807, 2.05) is 58.9 Å². The van der Waals surface area contributed by atoms with Gasteiger partial charge in [-0.2, -0.15) is 10.2 Å². The Bertz CT molecular complexity index is 1360. The summed E-state index contributed by atoms with van der Waals surface area (Å²) in [7, 11) is 0. The molecule has 154 valence electrons. The number of nitrogens with one attached hydrogen (secondary N) is 2. The second-order valence-corrected chi connectivity index (χ2v) is 8.10. The van der Waals surface area contributed by atoms with Crippen LogP contribution >= 0.6 is 0 Å². The van der Waals surface area contributed by atoms with Gasteiger partial charge in [0, 0.05) is 41.7 Å². The molecule has 6 rings (SSSR count). The third-order valence-corrected chi connectivity index (χ3v) is 5.55. The number of anilines is 2. The van der Waals surface area contributed by atoms with Gasteiger partial charge in [-0.15, -0.1) is 0 Å². The zero-order valence-corrected chi connectivity index (χ0v) is 17.2. The first-order chi connectivity index (χ1) is 15.2. The molecule has 0 spiro atoms. The Morgan fingerprint density at radius 1 is 1.10 bits per heavy atom. The average Bonchev–Trinajstić information content (AvgIpc) is 3.15. The maximum Gasteiger partial charge on any atom is 0.215 e. The van der Waals surface area contributed by atoms with Crippen LogP contribution in [0, 0.1) is 6.92 Å². The fourth-order valence-corrected chi connectivity index (χ4v) is 3.82. The fraction of sp³-hybridized carbons (Fsp3) is 0.217. The van der Waals surface area contributed by atoms with E-state index in [-0.39, 0.29) is 0 Å². The van der Waals surface area contributed by atoms with Gasteiger partial charge in [0.1, 0.15) is 5.65 Å². The predicted molar refractivity (Wildman–Crippen MR) is 118 cm³/mol. The van der Waals surface area contributed by atoms with Crippen molar-refractivity contribution < 1.29 is 0 Å². The van der Waals surface area contributed by atoms with Gasteiger partial charge >= 0.3 is 0 Å². The van der Waals surface area contributed by atoms with Crippen LogP contribution in [0.2, 0.25) is 0 Å². The number of fused-ring (bicyclic) bond motifs is 1. The van der Waals surface area contributed by atoms with Crippen LogP contribution in [-0.2, 0) is 6.54 Å². The molecule has 1 aromatic carbocycles. The van der Waals surface area contributed by atoms with Crippen LogP contribution in [0.3, 0.4) is 0 Å². The molecule has 0 amide bonds. The van der Waals surface area contributed by atoms with Crippen LogP contribution in [0.5, 0.6) is 0 Å². The first kappa shape index (κ1) is 17.9. The van der Waals surface area contributed by atoms with Crippen LogP contribution in [0.25, 0.3) is 16.9 Å². The molecule has 5 aromatic rings. The van der Waals surface area contributed by atoms with Gasteiger partial charge in [0.2, 0.25) is 5.95 Å². The molecule has 4 heterocycles. The van der Waals surface area contributed by atoms with Gasteiger partial charge < -0.3 is 5.32 Å². The molecule has 1 saturated carbocycles. The molecule has 1 aliphatic rings. The van der Waals surface area contributed by atoms with E-state index in [1.165, 1.54) is 24.1 Å². The van der Waals surface area contributed by atoms with Crippen molar-refractivity contribution in [2.45, 2.75) is 32.2 Å². The van der Waals surface area contributed by atoms with Gasteiger partial charge in [0.15, 0.2) is 5.82 Å². The summed E-state index contributed by atoms with van der Waals surface area (Å²) in [6.45, 7) is 2.70. The summed E-state index contributed by atoms with van der Waals surface area (Å²) in [4.78, 5) is 9.52. The Labute approximate surface area is 179 Å². The summed E-state index contributed by atoms with van der Waals surface area (Å²) >= 11 is 0. The predicted octanol–water partition coefficient (Wildman–Crippen LogP) is 4.29. The van der Waals surface area contributed by atoms with E-state index >= 15 is 0 Å². The molecule has 1 fully saturated rings. The summed E-state index contributed by atoms with van der Waals surface area (Å²) < 4.78 is 3.88. The van der Waals surface area contributed by atoms with Crippen molar-refractivity contribution in [1.29, 1.82) is 0 Å². The molecular formula is C23H22N8. The molecule has 0 saturated heterocycles. The zero-order valence-electron chi connectivity index (χ0n) is 17.2. The minimum atomic E-state index is 0.619. The molecule has 1 aliphatic carbocycles. The number of aromatic amines is 1. The largest absolute Gasteiger partial charge is 0.308 e. The lowest BCUT2D eigenvalue weighted by atomic mass is 10.2. The van der Waals surface area contributed by atoms with Gasteiger partial charge in [-0.25, -0.2) is 9.97 Å². The highest BCUT2D eigenvalue weighted by atomic mass is 15.3. The number of aromatic nitrogens is 7. The lowest BCUT2D eigenvalue weighted by molar-refractivity contribution is 0.687. The quantitative estimate of drug-likeness (QED) is 0.436. The highest BCUT2D eigenvalue weighted by molar-refractivity contribution is 5.66. The molecular weight excluding hydrogens is 388 g/mol. The van der Waals surface area contributed by atoms with Gasteiger partial charge in [0.05, 0.1) is 24.1 Å². The number of hydrogen-bond donors (Lipinski definition) is 2. The van der Waals surface area contributed by atoms with Crippen molar-refractivity contribution in [3.8, 4) is 11.3 Å². The maximum atomic E-state index is 4.87. The molecule has 0 aliphatic heterocycles. The third-order valence-electron chi connectivity index (χ3n) is 5.55. The van der Waals surface area contributed by atoms with Crippen LogP contribution in [0.4, 0.5) is 11.8 Å². The molecule has 0 unspecified atom stereocenters. The molecule has 8 nitrogen and oxygen atoms in total. The van der Waals surface area contributed by atoms with Crippen molar-refractivity contribution in [2.75, 3.05) is 5.32 Å². The lowest BCUT2D eigenvalue weighted by Gasteiger charge is -2.07. The highest BCUT2D eigenvalue weighted by Gasteiger charge is 2.25. The molecule has 0 bridgehead atoms. The fourth-order valence-electron chi connectivity index (χ4n) is 3.82. The normalized spacial score (nSPS) is 13.7. The van der Waals surface area contributed by atoms with Gasteiger partial charge in [-0.05, 0) is 25.3 Å². The third kappa shape index (κ3) is 3.56. The van der Waals surface area contributed by atoms with Crippen molar-refractivity contribution in [3.63, 3.8) is 0 Å². The Balaban J connectivity index is 1.34. The molecule has 2 N–H and O–H groups in total. The standard InChI is InChI=1S/C23H22N8/c1-15-12-31-22(25-15)10-19(18-11-24-30(14-18)13-16-5-3-2-4-6-16)26-23(31)27-21-9-20(28-29-21)17-7-8-17/h2-6,9-12,14,17H,7-8,13H2,1H3,(H2,26,27,28,29). The van der Waals surface area contributed by atoms with Crippen molar-refractivity contribution in [1.82, 2.24) is 34.3 Å².